The normalized spacial score (nSPS) is 10.4. The van der Waals surface area contributed by atoms with Crippen molar-refractivity contribution in [3.63, 3.8) is 0 Å². The number of aryl methyl sites for hydroxylation is 1. The van der Waals surface area contributed by atoms with Gasteiger partial charge < -0.3 is 10.4 Å². The van der Waals surface area contributed by atoms with Crippen molar-refractivity contribution < 1.29 is 14.7 Å². The van der Waals surface area contributed by atoms with Gasteiger partial charge in [-0.25, -0.2) is 4.79 Å². The predicted molar refractivity (Wildman–Crippen MR) is 91.6 cm³/mol. The average molecular weight is 336 g/mol. The van der Waals surface area contributed by atoms with Crippen molar-refractivity contribution in [2.24, 2.45) is 7.05 Å². The van der Waals surface area contributed by atoms with E-state index in [1.807, 2.05) is 24.3 Å². The van der Waals surface area contributed by atoms with Crippen LogP contribution in [0.5, 0.6) is 0 Å². The molecule has 7 heteroatoms. The summed E-state index contributed by atoms with van der Waals surface area (Å²) in [5, 5.41) is 15.7. The van der Waals surface area contributed by atoms with Crippen LogP contribution in [0.3, 0.4) is 0 Å². The molecule has 126 valence electrons. The van der Waals surface area contributed by atoms with Crippen molar-refractivity contribution in [2.75, 3.05) is 5.32 Å². The Bertz CT molecular complexity index is 902. The van der Waals surface area contributed by atoms with Crippen LogP contribution in [-0.2, 0) is 13.5 Å². The number of aromatic carboxylic acids is 1. The smallest absolute Gasteiger partial charge is 0.339 e. The molecule has 3 aromatic rings. The maximum atomic E-state index is 12.4. The van der Waals surface area contributed by atoms with Gasteiger partial charge in [0.25, 0.3) is 5.91 Å². The molecule has 0 atom stereocenters. The molecule has 0 spiro atoms. The van der Waals surface area contributed by atoms with Gasteiger partial charge >= 0.3 is 5.97 Å². The van der Waals surface area contributed by atoms with Gasteiger partial charge in [0, 0.05) is 25.1 Å². The van der Waals surface area contributed by atoms with E-state index in [4.69, 9.17) is 5.11 Å². The minimum atomic E-state index is -1.19. The van der Waals surface area contributed by atoms with Crippen molar-refractivity contribution in [3.05, 3.63) is 77.4 Å². The van der Waals surface area contributed by atoms with Crippen molar-refractivity contribution in [2.45, 2.75) is 6.42 Å². The molecule has 0 unspecified atom stereocenters. The summed E-state index contributed by atoms with van der Waals surface area (Å²) < 4.78 is 1.25. The number of carboxylic acid groups (broad SMARTS) is 1. The molecule has 0 bridgehead atoms. The zero-order valence-corrected chi connectivity index (χ0v) is 13.5. The molecule has 1 amide bonds. The standard InChI is InChI=1S/C18H16N4O3/c1-22-16(15(11-20-22)18(24)25)17(23)21-14-4-2-12(3-5-14)10-13-6-8-19-9-7-13/h2-9,11H,10H2,1H3,(H,21,23)(H,24,25). The van der Waals surface area contributed by atoms with Gasteiger partial charge in [-0.1, -0.05) is 12.1 Å². The highest BCUT2D eigenvalue weighted by atomic mass is 16.4. The van der Waals surface area contributed by atoms with Gasteiger partial charge in [-0.3, -0.25) is 14.5 Å². The summed E-state index contributed by atoms with van der Waals surface area (Å²) in [6.45, 7) is 0. The number of carbonyl (C=O) groups excluding carboxylic acids is 1. The number of aromatic nitrogens is 3. The van der Waals surface area contributed by atoms with Gasteiger partial charge in [0.05, 0.1) is 6.20 Å². The largest absolute Gasteiger partial charge is 0.478 e. The van der Waals surface area contributed by atoms with E-state index in [-0.39, 0.29) is 11.3 Å². The van der Waals surface area contributed by atoms with Crippen molar-refractivity contribution in [1.82, 2.24) is 14.8 Å². The first-order valence-corrected chi connectivity index (χ1v) is 7.59. The molecule has 0 saturated carbocycles. The van der Waals surface area contributed by atoms with E-state index < -0.39 is 11.9 Å². The number of nitrogens with one attached hydrogen (secondary N) is 1. The van der Waals surface area contributed by atoms with Crippen LogP contribution < -0.4 is 5.32 Å². The third kappa shape index (κ3) is 3.72. The summed E-state index contributed by atoms with van der Waals surface area (Å²) in [7, 11) is 1.53. The summed E-state index contributed by atoms with van der Waals surface area (Å²) in [5.41, 5.74) is 2.70. The third-order valence-electron chi connectivity index (χ3n) is 3.75. The summed E-state index contributed by atoms with van der Waals surface area (Å²) in [6, 6.07) is 11.3. The van der Waals surface area contributed by atoms with Crippen LogP contribution in [0.4, 0.5) is 5.69 Å². The lowest BCUT2D eigenvalue weighted by atomic mass is 10.1. The molecule has 2 heterocycles. The molecule has 0 aliphatic carbocycles. The number of amides is 1. The fraction of sp³-hybridized carbons (Fsp3) is 0.111. The Morgan fingerprint density at radius 2 is 1.72 bits per heavy atom. The summed E-state index contributed by atoms with van der Waals surface area (Å²) in [5.74, 6) is -1.70. The monoisotopic (exact) mass is 336 g/mol. The lowest BCUT2D eigenvalue weighted by Gasteiger charge is -2.08. The van der Waals surface area contributed by atoms with Gasteiger partial charge in [-0.15, -0.1) is 0 Å². The average Bonchev–Trinajstić information content (AvgIpc) is 2.99. The Hall–Kier alpha value is -3.48. The number of hydrogen-bond acceptors (Lipinski definition) is 4. The molecule has 0 aliphatic rings. The highest BCUT2D eigenvalue weighted by Crippen LogP contribution is 2.15. The van der Waals surface area contributed by atoms with E-state index in [9.17, 15) is 9.59 Å². The van der Waals surface area contributed by atoms with Crippen LogP contribution in [0, 0.1) is 0 Å². The molecular weight excluding hydrogens is 320 g/mol. The molecule has 0 fully saturated rings. The maximum Gasteiger partial charge on any atom is 0.339 e. The van der Waals surface area contributed by atoms with E-state index in [0.29, 0.717) is 5.69 Å². The Balaban J connectivity index is 1.72. The molecule has 2 N–H and O–H groups in total. The van der Waals surface area contributed by atoms with E-state index in [0.717, 1.165) is 23.7 Å². The second-order valence-corrected chi connectivity index (χ2v) is 5.52. The van der Waals surface area contributed by atoms with Crippen LogP contribution >= 0.6 is 0 Å². The number of rotatable bonds is 5. The number of benzene rings is 1. The zero-order valence-electron chi connectivity index (χ0n) is 13.5. The second-order valence-electron chi connectivity index (χ2n) is 5.52. The highest BCUT2D eigenvalue weighted by Gasteiger charge is 2.21. The number of carboxylic acids is 1. The van der Waals surface area contributed by atoms with Crippen LogP contribution in [0.2, 0.25) is 0 Å². The van der Waals surface area contributed by atoms with Crippen molar-refractivity contribution >= 4 is 17.6 Å². The van der Waals surface area contributed by atoms with Crippen LogP contribution in [0.15, 0.2) is 55.0 Å². The van der Waals surface area contributed by atoms with Crippen LogP contribution in [0.1, 0.15) is 32.0 Å². The fourth-order valence-corrected chi connectivity index (χ4v) is 2.50. The molecule has 7 nitrogen and oxygen atoms in total. The summed E-state index contributed by atoms with van der Waals surface area (Å²) in [4.78, 5) is 27.5. The molecule has 25 heavy (non-hydrogen) atoms. The van der Waals surface area contributed by atoms with Gasteiger partial charge in [0.15, 0.2) is 0 Å². The van der Waals surface area contributed by atoms with E-state index >= 15 is 0 Å². The van der Waals surface area contributed by atoms with E-state index in [2.05, 4.69) is 15.4 Å². The van der Waals surface area contributed by atoms with E-state index in [1.165, 1.54) is 11.7 Å². The number of hydrogen-bond donors (Lipinski definition) is 2. The fourth-order valence-electron chi connectivity index (χ4n) is 2.50. The minimum absolute atomic E-state index is 0.00774. The molecule has 0 aliphatic heterocycles. The first-order valence-electron chi connectivity index (χ1n) is 7.59. The number of pyridine rings is 1. The zero-order chi connectivity index (χ0) is 17.8. The number of carbonyl (C=O) groups is 2. The Morgan fingerprint density at radius 3 is 2.36 bits per heavy atom. The first-order chi connectivity index (χ1) is 12.0. The quantitative estimate of drug-likeness (QED) is 0.745. The number of nitrogens with zero attached hydrogens (tertiary/aromatic N) is 3. The Morgan fingerprint density at radius 1 is 1.08 bits per heavy atom. The number of anilines is 1. The van der Waals surface area contributed by atoms with Crippen LogP contribution in [0.25, 0.3) is 0 Å². The van der Waals surface area contributed by atoms with Crippen molar-refractivity contribution in [1.29, 1.82) is 0 Å². The van der Waals surface area contributed by atoms with E-state index in [1.54, 1.807) is 24.5 Å². The SMILES string of the molecule is Cn1ncc(C(=O)O)c1C(=O)Nc1ccc(Cc2ccncc2)cc1. The van der Waals surface area contributed by atoms with Crippen molar-refractivity contribution in [3.8, 4) is 0 Å². The Kier molecular flexibility index (Phi) is 4.56. The van der Waals surface area contributed by atoms with Gasteiger partial charge in [-0.05, 0) is 41.8 Å². The van der Waals surface area contributed by atoms with Gasteiger partial charge in [0.2, 0.25) is 0 Å². The molecule has 2 aromatic heterocycles. The van der Waals surface area contributed by atoms with Gasteiger partial charge in [-0.2, -0.15) is 5.10 Å². The summed E-state index contributed by atoms with van der Waals surface area (Å²) in [6.07, 6.45) is 5.42. The second kappa shape index (κ2) is 6.96. The maximum absolute atomic E-state index is 12.4. The first kappa shape index (κ1) is 16.4. The third-order valence-corrected chi connectivity index (χ3v) is 3.75. The minimum Gasteiger partial charge on any atom is -0.478 e. The molecule has 1 aromatic carbocycles. The lowest BCUT2D eigenvalue weighted by molar-refractivity contribution is 0.0692. The summed E-state index contributed by atoms with van der Waals surface area (Å²) >= 11 is 0. The molecular formula is C18H16N4O3. The predicted octanol–water partition coefficient (Wildman–Crippen LogP) is 2.36. The molecule has 0 saturated heterocycles. The Labute approximate surface area is 143 Å². The molecule has 0 radical (unpaired) electrons. The van der Waals surface area contributed by atoms with Crippen LogP contribution in [-0.4, -0.2) is 31.7 Å². The highest BCUT2D eigenvalue weighted by molar-refractivity contribution is 6.09. The lowest BCUT2D eigenvalue weighted by Crippen LogP contribution is -2.19. The molecule has 3 rings (SSSR count). The topological polar surface area (TPSA) is 97.1 Å². The van der Waals surface area contributed by atoms with Gasteiger partial charge in [0.1, 0.15) is 11.3 Å².